The lowest BCUT2D eigenvalue weighted by atomic mass is 9.84. The molecule has 3 aromatic carbocycles. The SMILES string of the molecule is COc1cc2cc(C(=O)CC[NH+]3CCC(O)(c4ccccc4)CC3)ccc2c(OC)c1OC.[Cl-]. The van der Waals surface area contributed by atoms with Crippen molar-refractivity contribution in [1.29, 1.82) is 0 Å². The third kappa shape index (κ3) is 5.14. The van der Waals surface area contributed by atoms with Gasteiger partial charge in [-0.3, -0.25) is 4.79 Å². The van der Waals surface area contributed by atoms with Crippen molar-refractivity contribution >= 4 is 16.6 Å². The summed E-state index contributed by atoms with van der Waals surface area (Å²) in [5, 5.41) is 12.8. The largest absolute Gasteiger partial charge is 1.00 e. The summed E-state index contributed by atoms with van der Waals surface area (Å²) >= 11 is 0. The van der Waals surface area contributed by atoms with Gasteiger partial charge in [0.1, 0.15) is 5.60 Å². The molecule has 3 aromatic rings. The molecule has 1 aliphatic rings. The highest BCUT2D eigenvalue weighted by Gasteiger charge is 2.36. The molecule has 34 heavy (non-hydrogen) atoms. The van der Waals surface area contributed by atoms with Crippen molar-refractivity contribution in [2.75, 3.05) is 41.0 Å². The molecular weight excluding hydrogens is 454 g/mol. The molecule has 182 valence electrons. The Kier molecular flexibility index (Phi) is 8.42. The molecule has 1 fully saturated rings. The first kappa shape index (κ1) is 25.8. The fourth-order valence-corrected chi connectivity index (χ4v) is 4.79. The van der Waals surface area contributed by atoms with Crippen LogP contribution in [0.3, 0.4) is 0 Å². The Morgan fingerprint density at radius 1 is 0.941 bits per heavy atom. The maximum absolute atomic E-state index is 13.0. The quantitative estimate of drug-likeness (QED) is 0.440. The second-order valence-corrected chi connectivity index (χ2v) is 8.65. The average Bonchev–Trinajstić information content (AvgIpc) is 2.87. The smallest absolute Gasteiger partial charge is 0.203 e. The summed E-state index contributed by atoms with van der Waals surface area (Å²) in [6, 6.07) is 17.4. The molecule has 0 radical (unpaired) electrons. The van der Waals surface area contributed by atoms with E-state index in [-0.39, 0.29) is 18.2 Å². The predicted molar refractivity (Wildman–Crippen MR) is 128 cm³/mol. The second kappa shape index (κ2) is 11.1. The molecule has 0 aromatic heterocycles. The lowest BCUT2D eigenvalue weighted by Gasteiger charge is -2.36. The number of methoxy groups -OCH3 is 3. The van der Waals surface area contributed by atoms with Crippen LogP contribution in [0.4, 0.5) is 0 Å². The van der Waals surface area contributed by atoms with Crippen LogP contribution in [0.5, 0.6) is 17.2 Å². The van der Waals surface area contributed by atoms with Gasteiger partial charge in [0, 0.05) is 23.8 Å². The minimum Gasteiger partial charge on any atom is -1.00 e. The Balaban J connectivity index is 0.00000324. The van der Waals surface area contributed by atoms with Crippen LogP contribution in [0.2, 0.25) is 0 Å². The van der Waals surface area contributed by atoms with E-state index in [0.717, 1.165) is 36.0 Å². The number of nitrogens with one attached hydrogen (secondary N) is 1. The molecule has 1 saturated heterocycles. The van der Waals surface area contributed by atoms with Gasteiger partial charge in [-0.2, -0.15) is 0 Å². The van der Waals surface area contributed by atoms with Crippen LogP contribution in [0.15, 0.2) is 54.6 Å². The summed E-state index contributed by atoms with van der Waals surface area (Å²) in [4.78, 5) is 14.3. The molecule has 0 spiro atoms. The number of quaternary nitrogens is 1. The van der Waals surface area contributed by atoms with Crippen molar-refractivity contribution in [3.05, 3.63) is 65.7 Å². The molecule has 7 heteroatoms. The van der Waals surface area contributed by atoms with E-state index in [1.807, 2.05) is 54.6 Å². The van der Waals surface area contributed by atoms with Crippen molar-refractivity contribution in [3.63, 3.8) is 0 Å². The zero-order valence-electron chi connectivity index (χ0n) is 19.9. The van der Waals surface area contributed by atoms with Crippen molar-refractivity contribution in [2.24, 2.45) is 0 Å². The number of hydrogen-bond acceptors (Lipinski definition) is 5. The third-order valence-corrected chi connectivity index (χ3v) is 6.76. The van der Waals surface area contributed by atoms with Gasteiger partial charge in [0.05, 0.1) is 47.4 Å². The number of piperidine rings is 1. The molecule has 0 aliphatic carbocycles. The number of Topliss-reactive ketones (excluding diaryl/α,β-unsaturated/α-hetero) is 1. The van der Waals surface area contributed by atoms with Gasteiger partial charge in [-0.05, 0) is 29.1 Å². The number of aliphatic hydroxyl groups is 1. The molecule has 0 unspecified atom stereocenters. The van der Waals surface area contributed by atoms with Crippen LogP contribution in [-0.2, 0) is 5.60 Å². The molecular formula is C27H32ClNO5. The van der Waals surface area contributed by atoms with E-state index in [1.54, 1.807) is 21.3 Å². The topological polar surface area (TPSA) is 69.4 Å². The molecule has 0 amide bonds. The first-order valence-electron chi connectivity index (χ1n) is 11.4. The van der Waals surface area contributed by atoms with E-state index >= 15 is 0 Å². The monoisotopic (exact) mass is 485 g/mol. The number of ether oxygens (including phenoxy) is 3. The number of hydrogen-bond donors (Lipinski definition) is 2. The summed E-state index contributed by atoms with van der Waals surface area (Å²) in [7, 11) is 4.75. The number of likely N-dealkylation sites (tertiary alicyclic amines) is 1. The standard InChI is InChI=1S/C27H31NO5.ClH/c1-31-24-18-20-17-19(9-10-22(20)25(32-2)26(24)33-3)23(29)11-14-28-15-12-27(30,13-16-28)21-7-5-4-6-8-21;/h4-10,17-18,30H,11-16H2,1-3H3;1H. The highest BCUT2D eigenvalue weighted by atomic mass is 35.5. The first-order chi connectivity index (χ1) is 16.0. The van der Waals surface area contributed by atoms with Gasteiger partial charge in [0.25, 0.3) is 0 Å². The van der Waals surface area contributed by atoms with E-state index in [9.17, 15) is 9.90 Å². The fourth-order valence-electron chi connectivity index (χ4n) is 4.79. The van der Waals surface area contributed by atoms with Crippen molar-refractivity contribution in [3.8, 4) is 17.2 Å². The first-order valence-corrected chi connectivity index (χ1v) is 11.4. The predicted octanol–water partition coefficient (Wildman–Crippen LogP) is 0.00890. The zero-order valence-corrected chi connectivity index (χ0v) is 20.7. The normalized spacial score (nSPS) is 19.8. The van der Waals surface area contributed by atoms with Gasteiger partial charge in [0.15, 0.2) is 17.3 Å². The van der Waals surface area contributed by atoms with Crippen molar-refractivity contribution in [2.45, 2.75) is 24.9 Å². The molecule has 1 aliphatic heterocycles. The highest BCUT2D eigenvalue weighted by molar-refractivity contribution is 6.02. The molecule has 1 heterocycles. The lowest BCUT2D eigenvalue weighted by molar-refractivity contribution is -0.907. The summed E-state index contributed by atoms with van der Waals surface area (Å²) in [6.07, 6.45) is 1.88. The van der Waals surface area contributed by atoms with Crippen LogP contribution in [0, 0.1) is 0 Å². The molecule has 0 saturated carbocycles. The summed E-state index contributed by atoms with van der Waals surface area (Å²) in [5.74, 6) is 1.81. The van der Waals surface area contributed by atoms with Crippen LogP contribution < -0.4 is 31.5 Å². The Hall–Kier alpha value is -2.80. The number of benzene rings is 3. The summed E-state index contributed by atoms with van der Waals surface area (Å²) < 4.78 is 16.5. The number of carbonyl (C=O) groups excluding carboxylic acids is 1. The minimum absolute atomic E-state index is 0. The Morgan fingerprint density at radius 2 is 1.62 bits per heavy atom. The molecule has 0 atom stereocenters. The number of rotatable bonds is 8. The van der Waals surface area contributed by atoms with Crippen molar-refractivity contribution < 1.29 is 41.4 Å². The lowest BCUT2D eigenvalue weighted by Crippen LogP contribution is -3.13. The Morgan fingerprint density at radius 3 is 2.24 bits per heavy atom. The van der Waals surface area contributed by atoms with E-state index in [4.69, 9.17) is 14.2 Å². The van der Waals surface area contributed by atoms with Gasteiger partial charge < -0.3 is 36.6 Å². The van der Waals surface area contributed by atoms with E-state index < -0.39 is 5.60 Å². The van der Waals surface area contributed by atoms with Gasteiger partial charge in [-0.15, -0.1) is 0 Å². The van der Waals surface area contributed by atoms with Gasteiger partial charge >= 0.3 is 0 Å². The van der Waals surface area contributed by atoms with Crippen LogP contribution in [-0.4, -0.2) is 51.9 Å². The Labute approximate surface area is 206 Å². The number of halogens is 1. The minimum atomic E-state index is -0.758. The third-order valence-electron chi connectivity index (χ3n) is 6.76. The van der Waals surface area contributed by atoms with Crippen molar-refractivity contribution in [1.82, 2.24) is 0 Å². The average molecular weight is 486 g/mol. The molecule has 2 N–H and O–H groups in total. The van der Waals surface area contributed by atoms with Gasteiger partial charge in [0.2, 0.25) is 5.75 Å². The zero-order chi connectivity index (χ0) is 23.4. The summed E-state index contributed by atoms with van der Waals surface area (Å²) in [5.41, 5.74) is 0.902. The fraction of sp³-hybridized carbons (Fsp3) is 0.370. The maximum atomic E-state index is 13.0. The van der Waals surface area contributed by atoms with Gasteiger partial charge in [-0.1, -0.05) is 36.4 Å². The Bertz CT molecular complexity index is 1130. The highest BCUT2D eigenvalue weighted by Crippen LogP contribution is 2.43. The summed E-state index contributed by atoms with van der Waals surface area (Å²) in [6.45, 7) is 2.46. The van der Waals surface area contributed by atoms with Crippen LogP contribution in [0.1, 0.15) is 35.2 Å². The molecule has 0 bridgehead atoms. The van der Waals surface area contributed by atoms with Crippen LogP contribution in [0.25, 0.3) is 10.8 Å². The number of carbonyl (C=O) groups is 1. The molecule has 6 nitrogen and oxygen atoms in total. The van der Waals surface area contributed by atoms with E-state index in [1.165, 1.54) is 4.90 Å². The van der Waals surface area contributed by atoms with E-state index in [0.29, 0.717) is 42.1 Å². The van der Waals surface area contributed by atoms with Crippen LogP contribution >= 0.6 is 0 Å². The second-order valence-electron chi connectivity index (χ2n) is 8.65. The number of fused-ring (bicyclic) bond motifs is 1. The molecule has 4 rings (SSSR count). The number of ketones is 1. The van der Waals surface area contributed by atoms with Gasteiger partial charge in [-0.25, -0.2) is 0 Å². The maximum Gasteiger partial charge on any atom is 0.203 e. The van der Waals surface area contributed by atoms with E-state index in [2.05, 4.69) is 0 Å².